The molecule has 0 saturated heterocycles. The molecule has 1 aromatic heterocycles. The average molecular weight is 332 g/mol. The monoisotopic (exact) mass is 331 g/mol. The van der Waals surface area contributed by atoms with Gasteiger partial charge in [-0.2, -0.15) is 5.10 Å². The molecule has 0 spiro atoms. The van der Waals surface area contributed by atoms with Crippen molar-refractivity contribution in [3.8, 4) is 0 Å². The van der Waals surface area contributed by atoms with Crippen LogP contribution in [0.1, 0.15) is 45.3 Å². The third-order valence-electron chi connectivity index (χ3n) is 3.02. The summed E-state index contributed by atoms with van der Waals surface area (Å²) in [5.74, 6) is 0.645. The second kappa shape index (κ2) is 8.72. The number of nitrogens with one attached hydrogen (secondary N) is 1. The van der Waals surface area contributed by atoms with E-state index in [9.17, 15) is 0 Å². The Morgan fingerprint density at radius 3 is 2.79 bits per heavy atom. The normalized spacial score (nSPS) is 13.2. The zero-order valence-corrected chi connectivity index (χ0v) is 14.0. The third kappa shape index (κ3) is 5.24. The maximum Gasteiger partial charge on any atom is 0.0696 e. The van der Waals surface area contributed by atoms with Crippen LogP contribution in [0.25, 0.3) is 0 Å². The predicted molar refractivity (Wildman–Crippen MR) is 82.3 cm³/mol. The van der Waals surface area contributed by atoms with Crippen molar-refractivity contribution in [2.45, 2.75) is 46.2 Å². The van der Waals surface area contributed by atoms with Crippen LogP contribution < -0.4 is 5.32 Å². The fraction of sp³-hybridized carbons (Fsp3) is 0.786. The van der Waals surface area contributed by atoms with E-state index in [4.69, 9.17) is 4.74 Å². The molecule has 1 unspecified atom stereocenters. The van der Waals surface area contributed by atoms with Crippen molar-refractivity contribution in [2.75, 3.05) is 20.3 Å². The molecule has 1 rings (SSSR count). The number of aromatic nitrogens is 2. The smallest absolute Gasteiger partial charge is 0.0696 e. The number of hydrogen-bond acceptors (Lipinski definition) is 3. The summed E-state index contributed by atoms with van der Waals surface area (Å²) in [6.07, 6.45) is 4.13. The minimum absolute atomic E-state index is 0.341. The minimum Gasteiger partial charge on any atom is -0.383 e. The van der Waals surface area contributed by atoms with Gasteiger partial charge in [0.05, 0.1) is 35.6 Å². The number of nitrogens with zero attached hydrogens (tertiary/aromatic N) is 2. The lowest BCUT2D eigenvalue weighted by molar-refractivity contribution is 0.181. The zero-order valence-electron chi connectivity index (χ0n) is 12.4. The molecular weight excluding hydrogens is 306 g/mol. The number of ether oxygens (including phenoxy) is 1. The fourth-order valence-electron chi connectivity index (χ4n) is 2.16. The van der Waals surface area contributed by atoms with Gasteiger partial charge < -0.3 is 10.1 Å². The van der Waals surface area contributed by atoms with E-state index in [1.165, 1.54) is 5.69 Å². The molecule has 0 aliphatic heterocycles. The second-order valence-corrected chi connectivity index (χ2v) is 6.08. The topological polar surface area (TPSA) is 39.1 Å². The molecule has 0 aromatic carbocycles. The summed E-state index contributed by atoms with van der Waals surface area (Å²) in [6.45, 7) is 9.20. The van der Waals surface area contributed by atoms with Gasteiger partial charge in [-0.05, 0) is 41.2 Å². The van der Waals surface area contributed by atoms with Gasteiger partial charge in [-0.3, -0.25) is 4.68 Å². The van der Waals surface area contributed by atoms with E-state index < -0.39 is 0 Å². The summed E-state index contributed by atoms with van der Waals surface area (Å²) in [5, 5.41) is 8.07. The standard InChI is InChI=1S/C14H26BrN3O/c1-5-6-16-13(9-11(2)3)14-12(15)10-17-18(14)7-8-19-4/h10-11,13,16H,5-9H2,1-4H3. The maximum absolute atomic E-state index is 5.16. The molecule has 0 aliphatic carbocycles. The van der Waals surface area contributed by atoms with E-state index in [0.717, 1.165) is 30.4 Å². The van der Waals surface area contributed by atoms with E-state index in [0.29, 0.717) is 18.6 Å². The van der Waals surface area contributed by atoms with Crippen LogP contribution in [0, 0.1) is 5.92 Å². The Bertz CT molecular complexity index is 366. The first-order valence-electron chi connectivity index (χ1n) is 7.03. The van der Waals surface area contributed by atoms with Crippen molar-refractivity contribution < 1.29 is 4.74 Å². The van der Waals surface area contributed by atoms with Crippen LogP contribution in [-0.4, -0.2) is 30.0 Å². The highest BCUT2D eigenvalue weighted by Gasteiger charge is 2.20. The number of methoxy groups -OCH3 is 1. The molecule has 0 saturated carbocycles. The van der Waals surface area contributed by atoms with Gasteiger partial charge in [-0.15, -0.1) is 0 Å². The Labute approximate surface area is 125 Å². The summed E-state index contributed by atoms with van der Waals surface area (Å²) in [7, 11) is 1.72. The van der Waals surface area contributed by atoms with Crippen LogP contribution in [0.15, 0.2) is 10.7 Å². The Morgan fingerprint density at radius 1 is 1.47 bits per heavy atom. The summed E-state index contributed by atoms with van der Waals surface area (Å²) in [5.41, 5.74) is 1.24. The van der Waals surface area contributed by atoms with Gasteiger partial charge in [0.25, 0.3) is 0 Å². The van der Waals surface area contributed by atoms with Gasteiger partial charge >= 0.3 is 0 Å². The summed E-state index contributed by atoms with van der Waals surface area (Å²) >= 11 is 3.63. The summed E-state index contributed by atoms with van der Waals surface area (Å²) in [4.78, 5) is 0. The van der Waals surface area contributed by atoms with Gasteiger partial charge in [0.15, 0.2) is 0 Å². The lowest BCUT2D eigenvalue weighted by Crippen LogP contribution is -2.27. The number of halogens is 1. The number of hydrogen-bond donors (Lipinski definition) is 1. The molecule has 19 heavy (non-hydrogen) atoms. The van der Waals surface area contributed by atoms with Gasteiger partial charge in [0, 0.05) is 7.11 Å². The van der Waals surface area contributed by atoms with E-state index in [1.807, 2.05) is 10.9 Å². The van der Waals surface area contributed by atoms with Crippen molar-refractivity contribution in [3.63, 3.8) is 0 Å². The highest BCUT2D eigenvalue weighted by molar-refractivity contribution is 9.10. The molecule has 5 heteroatoms. The average Bonchev–Trinajstić information content (AvgIpc) is 2.73. The van der Waals surface area contributed by atoms with E-state index in [2.05, 4.69) is 47.1 Å². The van der Waals surface area contributed by atoms with Crippen LogP contribution in [0.2, 0.25) is 0 Å². The van der Waals surface area contributed by atoms with Crippen molar-refractivity contribution >= 4 is 15.9 Å². The summed E-state index contributed by atoms with van der Waals surface area (Å²) < 4.78 is 8.28. The zero-order chi connectivity index (χ0) is 14.3. The van der Waals surface area contributed by atoms with Crippen LogP contribution in [-0.2, 0) is 11.3 Å². The molecule has 1 aromatic rings. The van der Waals surface area contributed by atoms with Crippen molar-refractivity contribution in [3.05, 3.63) is 16.4 Å². The van der Waals surface area contributed by atoms with Crippen LogP contribution in [0.3, 0.4) is 0 Å². The highest BCUT2D eigenvalue weighted by atomic mass is 79.9. The molecule has 1 heterocycles. The Balaban J connectivity index is 2.88. The third-order valence-corrected chi connectivity index (χ3v) is 3.63. The largest absolute Gasteiger partial charge is 0.383 e. The molecule has 0 fully saturated rings. The lowest BCUT2D eigenvalue weighted by atomic mass is 10.0. The first-order valence-corrected chi connectivity index (χ1v) is 7.82. The molecular formula is C14H26BrN3O. The Morgan fingerprint density at radius 2 is 2.21 bits per heavy atom. The van der Waals surface area contributed by atoms with Crippen LogP contribution in [0.5, 0.6) is 0 Å². The molecule has 0 amide bonds. The van der Waals surface area contributed by atoms with Crippen molar-refractivity contribution in [1.82, 2.24) is 15.1 Å². The van der Waals surface area contributed by atoms with E-state index in [1.54, 1.807) is 7.11 Å². The number of rotatable bonds is 9. The SMILES string of the molecule is CCCNC(CC(C)C)c1c(Br)cnn1CCOC. The quantitative estimate of drug-likeness (QED) is 0.753. The maximum atomic E-state index is 5.16. The Kier molecular flexibility index (Phi) is 7.64. The predicted octanol–water partition coefficient (Wildman–Crippen LogP) is 3.38. The lowest BCUT2D eigenvalue weighted by Gasteiger charge is -2.22. The summed E-state index contributed by atoms with van der Waals surface area (Å²) in [6, 6.07) is 0.341. The molecule has 0 radical (unpaired) electrons. The first-order chi connectivity index (χ1) is 9.10. The first kappa shape index (κ1) is 16.7. The van der Waals surface area contributed by atoms with Crippen LogP contribution in [0.4, 0.5) is 0 Å². The van der Waals surface area contributed by atoms with Gasteiger partial charge in [-0.1, -0.05) is 20.8 Å². The second-order valence-electron chi connectivity index (χ2n) is 5.23. The van der Waals surface area contributed by atoms with Crippen molar-refractivity contribution in [1.29, 1.82) is 0 Å². The van der Waals surface area contributed by atoms with Gasteiger partial charge in [0.2, 0.25) is 0 Å². The fourth-order valence-corrected chi connectivity index (χ4v) is 2.73. The van der Waals surface area contributed by atoms with E-state index in [-0.39, 0.29) is 0 Å². The van der Waals surface area contributed by atoms with Crippen LogP contribution >= 0.6 is 15.9 Å². The molecule has 0 aliphatic rings. The highest BCUT2D eigenvalue weighted by Crippen LogP contribution is 2.28. The van der Waals surface area contributed by atoms with Crippen molar-refractivity contribution in [2.24, 2.45) is 5.92 Å². The minimum atomic E-state index is 0.341. The molecule has 0 bridgehead atoms. The molecule has 110 valence electrons. The molecule has 1 atom stereocenters. The Hall–Kier alpha value is -0.390. The van der Waals surface area contributed by atoms with Gasteiger partial charge in [-0.25, -0.2) is 0 Å². The van der Waals surface area contributed by atoms with E-state index >= 15 is 0 Å². The molecule has 1 N–H and O–H groups in total. The van der Waals surface area contributed by atoms with Gasteiger partial charge in [0.1, 0.15) is 0 Å². The molecule has 4 nitrogen and oxygen atoms in total.